The summed E-state index contributed by atoms with van der Waals surface area (Å²) in [6.45, 7) is 10.5. The largest absolute Gasteiger partial charge is 0.369 e. The lowest BCUT2D eigenvalue weighted by molar-refractivity contribution is -0.134. The van der Waals surface area contributed by atoms with E-state index >= 15 is 0 Å². The van der Waals surface area contributed by atoms with Gasteiger partial charge in [0, 0.05) is 64.1 Å². The first kappa shape index (κ1) is 21.5. The third-order valence-electron chi connectivity index (χ3n) is 7.61. The van der Waals surface area contributed by atoms with Crippen LogP contribution in [0.3, 0.4) is 0 Å². The molecule has 2 aromatic carbocycles. The first-order valence-electron chi connectivity index (χ1n) is 12.3. The van der Waals surface area contributed by atoms with Crippen molar-refractivity contribution in [2.45, 2.75) is 32.2 Å². The van der Waals surface area contributed by atoms with E-state index in [1.807, 2.05) is 0 Å². The highest BCUT2D eigenvalue weighted by atomic mass is 16.2. The Morgan fingerprint density at radius 2 is 1.38 bits per heavy atom. The summed E-state index contributed by atoms with van der Waals surface area (Å²) < 4.78 is 0. The highest BCUT2D eigenvalue weighted by Gasteiger charge is 2.30. The topological polar surface area (TPSA) is 30.0 Å². The zero-order chi connectivity index (χ0) is 21.9. The molecule has 170 valence electrons. The van der Waals surface area contributed by atoms with E-state index in [2.05, 4.69) is 75.1 Å². The third-order valence-corrected chi connectivity index (χ3v) is 7.61. The molecule has 1 saturated carbocycles. The van der Waals surface area contributed by atoms with Crippen LogP contribution in [0, 0.1) is 6.92 Å². The molecule has 5 nitrogen and oxygen atoms in total. The minimum atomic E-state index is 0.314. The van der Waals surface area contributed by atoms with Crippen molar-refractivity contribution in [3.63, 3.8) is 0 Å². The second-order valence-electron chi connectivity index (χ2n) is 9.68. The lowest BCUT2D eigenvalue weighted by Gasteiger charge is -2.43. The first-order valence-corrected chi connectivity index (χ1v) is 12.3. The summed E-state index contributed by atoms with van der Waals surface area (Å²) >= 11 is 0. The fourth-order valence-corrected chi connectivity index (χ4v) is 5.15. The summed E-state index contributed by atoms with van der Waals surface area (Å²) in [5, 5.41) is 0. The maximum atomic E-state index is 12.8. The fourth-order valence-electron chi connectivity index (χ4n) is 5.15. The normalized spacial score (nSPS) is 20.9. The van der Waals surface area contributed by atoms with E-state index in [1.165, 1.54) is 41.6 Å². The van der Waals surface area contributed by atoms with Crippen LogP contribution in [0.15, 0.2) is 48.5 Å². The molecular formula is C27H36N4O. The van der Waals surface area contributed by atoms with E-state index < -0.39 is 0 Å². The molecule has 0 atom stereocenters. The number of hydrogen-bond acceptors (Lipinski definition) is 4. The molecule has 0 bridgehead atoms. The van der Waals surface area contributed by atoms with Gasteiger partial charge >= 0.3 is 0 Å². The molecule has 3 aliphatic rings. The number of hydrogen-bond donors (Lipinski definition) is 0. The summed E-state index contributed by atoms with van der Waals surface area (Å²) in [5.74, 6) is 0.314. The van der Waals surface area contributed by atoms with Gasteiger partial charge in [-0.1, -0.05) is 48.4 Å². The van der Waals surface area contributed by atoms with Crippen molar-refractivity contribution in [1.82, 2.24) is 14.7 Å². The fraction of sp³-hybridized carbons (Fsp3) is 0.519. The minimum absolute atomic E-state index is 0.314. The number of carbonyl (C=O) groups excluding carboxylic acids is 1. The Kier molecular flexibility index (Phi) is 6.47. The van der Waals surface area contributed by atoms with Gasteiger partial charge in [0.15, 0.2) is 0 Å². The number of benzene rings is 2. The zero-order valence-corrected chi connectivity index (χ0v) is 19.4. The van der Waals surface area contributed by atoms with Gasteiger partial charge in [-0.15, -0.1) is 0 Å². The number of aryl methyl sites for hydroxylation is 1. The lowest BCUT2D eigenvalue weighted by Crippen LogP contribution is -2.56. The lowest BCUT2D eigenvalue weighted by atomic mass is 9.91. The predicted molar refractivity (Wildman–Crippen MR) is 131 cm³/mol. The molecule has 5 heteroatoms. The van der Waals surface area contributed by atoms with Crippen LogP contribution in [0.5, 0.6) is 0 Å². The van der Waals surface area contributed by atoms with Crippen molar-refractivity contribution in [2.24, 2.45) is 0 Å². The van der Waals surface area contributed by atoms with E-state index in [-0.39, 0.29) is 0 Å². The standard InChI is InChI=1S/C27H36N4O/c1-22-5-7-23(8-6-22)24-9-11-26(12-10-24)29-15-13-28(14-16-29)21-27(32)31-19-17-30(18-20-31)25-3-2-4-25/h5-12,25H,2-4,13-21H2,1H3. The molecule has 3 fully saturated rings. The Hall–Kier alpha value is -2.37. The van der Waals surface area contributed by atoms with Crippen LogP contribution in [0.2, 0.25) is 0 Å². The molecule has 0 spiro atoms. The number of nitrogens with zero attached hydrogens (tertiary/aromatic N) is 4. The summed E-state index contributed by atoms with van der Waals surface area (Å²) in [4.78, 5) is 22.3. The van der Waals surface area contributed by atoms with E-state index in [0.29, 0.717) is 12.5 Å². The van der Waals surface area contributed by atoms with Crippen LogP contribution in [0.25, 0.3) is 11.1 Å². The van der Waals surface area contributed by atoms with E-state index in [4.69, 9.17) is 0 Å². The Morgan fingerprint density at radius 1 is 0.781 bits per heavy atom. The van der Waals surface area contributed by atoms with Crippen LogP contribution >= 0.6 is 0 Å². The van der Waals surface area contributed by atoms with Gasteiger partial charge in [-0.3, -0.25) is 14.6 Å². The molecule has 0 radical (unpaired) electrons. The van der Waals surface area contributed by atoms with Gasteiger partial charge in [0.25, 0.3) is 0 Å². The summed E-state index contributed by atoms with van der Waals surface area (Å²) in [5.41, 5.74) is 5.09. The number of piperazine rings is 2. The van der Waals surface area contributed by atoms with Crippen molar-refractivity contribution in [1.29, 1.82) is 0 Å². The van der Waals surface area contributed by atoms with Crippen molar-refractivity contribution in [2.75, 3.05) is 63.8 Å². The highest BCUT2D eigenvalue weighted by Crippen LogP contribution is 2.26. The predicted octanol–water partition coefficient (Wildman–Crippen LogP) is 3.48. The van der Waals surface area contributed by atoms with Crippen LogP contribution in [0.1, 0.15) is 24.8 Å². The van der Waals surface area contributed by atoms with Crippen molar-refractivity contribution in [3.05, 3.63) is 54.1 Å². The van der Waals surface area contributed by atoms with Crippen molar-refractivity contribution < 1.29 is 4.79 Å². The summed E-state index contributed by atoms with van der Waals surface area (Å²) in [7, 11) is 0. The molecular weight excluding hydrogens is 396 g/mol. The molecule has 1 aliphatic carbocycles. The quantitative estimate of drug-likeness (QED) is 0.724. The number of anilines is 1. The molecule has 2 saturated heterocycles. The first-order chi connectivity index (χ1) is 15.7. The summed E-state index contributed by atoms with van der Waals surface area (Å²) in [6.07, 6.45) is 4.09. The SMILES string of the molecule is Cc1ccc(-c2ccc(N3CCN(CC(=O)N4CCN(C5CCC5)CC4)CC3)cc2)cc1. The summed E-state index contributed by atoms with van der Waals surface area (Å²) in [6, 6.07) is 18.4. The van der Waals surface area contributed by atoms with E-state index in [0.717, 1.165) is 58.4 Å². The molecule has 0 unspecified atom stereocenters. The van der Waals surface area contributed by atoms with Gasteiger partial charge in [-0.2, -0.15) is 0 Å². The Bertz CT molecular complexity index is 890. The van der Waals surface area contributed by atoms with Gasteiger partial charge in [-0.05, 0) is 43.0 Å². The monoisotopic (exact) mass is 432 g/mol. The molecule has 5 rings (SSSR count). The minimum Gasteiger partial charge on any atom is -0.369 e. The maximum Gasteiger partial charge on any atom is 0.236 e. The van der Waals surface area contributed by atoms with Crippen LogP contribution in [0.4, 0.5) is 5.69 Å². The second kappa shape index (κ2) is 9.63. The molecule has 0 aromatic heterocycles. The molecule has 0 N–H and O–H groups in total. The van der Waals surface area contributed by atoms with Gasteiger partial charge in [0.05, 0.1) is 6.54 Å². The van der Waals surface area contributed by atoms with E-state index in [9.17, 15) is 4.79 Å². The van der Waals surface area contributed by atoms with Crippen LogP contribution in [-0.4, -0.2) is 85.6 Å². The molecule has 1 amide bonds. The Balaban J connectivity index is 1.08. The highest BCUT2D eigenvalue weighted by molar-refractivity contribution is 5.78. The van der Waals surface area contributed by atoms with Crippen LogP contribution in [-0.2, 0) is 4.79 Å². The Labute approximate surface area is 192 Å². The molecule has 2 aliphatic heterocycles. The Morgan fingerprint density at radius 3 is 1.94 bits per heavy atom. The average Bonchev–Trinajstić information content (AvgIpc) is 2.80. The van der Waals surface area contributed by atoms with Gasteiger partial charge in [0.2, 0.25) is 5.91 Å². The third kappa shape index (κ3) is 4.84. The maximum absolute atomic E-state index is 12.8. The van der Waals surface area contributed by atoms with Gasteiger partial charge < -0.3 is 9.80 Å². The van der Waals surface area contributed by atoms with Gasteiger partial charge in [0.1, 0.15) is 0 Å². The van der Waals surface area contributed by atoms with Crippen molar-refractivity contribution in [3.8, 4) is 11.1 Å². The smallest absolute Gasteiger partial charge is 0.236 e. The van der Waals surface area contributed by atoms with Gasteiger partial charge in [-0.25, -0.2) is 0 Å². The second-order valence-corrected chi connectivity index (χ2v) is 9.68. The number of carbonyl (C=O) groups is 1. The van der Waals surface area contributed by atoms with E-state index in [1.54, 1.807) is 0 Å². The molecule has 2 heterocycles. The number of rotatable bonds is 5. The van der Waals surface area contributed by atoms with Crippen molar-refractivity contribution >= 4 is 11.6 Å². The molecule has 2 aromatic rings. The number of amides is 1. The zero-order valence-electron chi connectivity index (χ0n) is 19.4. The average molecular weight is 433 g/mol. The molecule has 32 heavy (non-hydrogen) atoms. The van der Waals surface area contributed by atoms with Crippen LogP contribution < -0.4 is 4.90 Å².